The van der Waals surface area contributed by atoms with Crippen molar-refractivity contribution in [3.05, 3.63) is 29.8 Å². The van der Waals surface area contributed by atoms with Crippen molar-refractivity contribution >= 4 is 19.4 Å². The molecule has 1 rings (SSSR count). The maximum absolute atomic E-state index is 5.85. The summed E-state index contributed by atoms with van der Waals surface area (Å²) in [5.41, 5.74) is 7.17. The molecule has 1 aromatic rings. The first kappa shape index (κ1) is 9.78. The number of hydrogen-bond donors (Lipinski definition) is 1. The standard InChI is InChI=1S/C10H15NSe/c1-3-12-10-7-5-4-6-9(10)8(2)11/h4-8H,3,11H2,1-2H3/t8-/m1/s1. The van der Waals surface area contributed by atoms with E-state index in [0.717, 1.165) is 0 Å². The molecule has 0 aromatic heterocycles. The Labute approximate surface area is 80.5 Å². The Hall–Kier alpha value is -0.301. The van der Waals surface area contributed by atoms with E-state index in [2.05, 4.69) is 31.2 Å². The molecule has 0 heterocycles. The van der Waals surface area contributed by atoms with Crippen LogP contribution >= 0.6 is 0 Å². The molecule has 1 nitrogen and oxygen atoms in total. The molecule has 0 spiro atoms. The molecular weight excluding hydrogens is 213 g/mol. The molecule has 0 bridgehead atoms. The summed E-state index contributed by atoms with van der Waals surface area (Å²) in [6.45, 7) is 4.27. The van der Waals surface area contributed by atoms with Crippen LogP contribution in [0.1, 0.15) is 25.5 Å². The fraction of sp³-hybridized carbons (Fsp3) is 0.400. The van der Waals surface area contributed by atoms with Gasteiger partial charge in [-0.05, 0) is 0 Å². The van der Waals surface area contributed by atoms with Gasteiger partial charge < -0.3 is 0 Å². The number of benzene rings is 1. The van der Waals surface area contributed by atoms with Gasteiger partial charge in [-0.15, -0.1) is 0 Å². The van der Waals surface area contributed by atoms with Crippen LogP contribution in [0, 0.1) is 0 Å². The second-order valence-corrected chi connectivity index (χ2v) is 5.50. The molecule has 12 heavy (non-hydrogen) atoms. The van der Waals surface area contributed by atoms with E-state index in [1.54, 1.807) is 0 Å². The second kappa shape index (κ2) is 4.66. The van der Waals surface area contributed by atoms with Crippen LogP contribution in [0.15, 0.2) is 24.3 Å². The number of hydrogen-bond acceptors (Lipinski definition) is 1. The Morgan fingerprint density at radius 3 is 2.67 bits per heavy atom. The Balaban J connectivity index is 2.92. The quantitative estimate of drug-likeness (QED) is 0.779. The Morgan fingerprint density at radius 1 is 1.42 bits per heavy atom. The average molecular weight is 228 g/mol. The summed E-state index contributed by atoms with van der Waals surface area (Å²) >= 11 is 0.601. The van der Waals surface area contributed by atoms with Crippen molar-refractivity contribution in [1.82, 2.24) is 0 Å². The van der Waals surface area contributed by atoms with Crippen molar-refractivity contribution in [3.8, 4) is 0 Å². The van der Waals surface area contributed by atoms with Crippen LogP contribution in [0.25, 0.3) is 0 Å². The molecule has 0 unspecified atom stereocenters. The molecule has 0 aliphatic carbocycles. The Bertz CT molecular complexity index is 245. The molecule has 1 aromatic carbocycles. The predicted molar refractivity (Wildman–Crippen MR) is 54.9 cm³/mol. The van der Waals surface area contributed by atoms with E-state index in [0.29, 0.717) is 15.0 Å². The van der Waals surface area contributed by atoms with Gasteiger partial charge in [-0.2, -0.15) is 0 Å². The Kier molecular flexibility index (Phi) is 3.80. The van der Waals surface area contributed by atoms with Crippen LogP contribution in [0.2, 0.25) is 5.32 Å². The second-order valence-electron chi connectivity index (χ2n) is 2.76. The number of nitrogens with two attached hydrogens (primary N) is 1. The molecule has 0 aliphatic rings. The summed E-state index contributed by atoms with van der Waals surface area (Å²) in [5, 5.41) is 1.25. The van der Waals surface area contributed by atoms with Crippen molar-refractivity contribution < 1.29 is 0 Å². The first-order valence-electron chi connectivity index (χ1n) is 4.23. The predicted octanol–water partition coefficient (Wildman–Crippen LogP) is 1.47. The van der Waals surface area contributed by atoms with E-state index in [-0.39, 0.29) is 6.04 Å². The summed E-state index contributed by atoms with van der Waals surface area (Å²) in [6, 6.07) is 8.67. The molecular formula is C10H15NSe. The van der Waals surface area contributed by atoms with Gasteiger partial charge in [0.25, 0.3) is 0 Å². The van der Waals surface area contributed by atoms with Crippen LogP contribution < -0.4 is 10.2 Å². The third kappa shape index (κ3) is 2.34. The first-order chi connectivity index (χ1) is 5.75. The van der Waals surface area contributed by atoms with Crippen molar-refractivity contribution in [2.45, 2.75) is 25.2 Å². The maximum atomic E-state index is 5.85. The van der Waals surface area contributed by atoms with E-state index in [4.69, 9.17) is 5.73 Å². The summed E-state index contributed by atoms with van der Waals surface area (Å²) in [5.74, 6) is 0. The molecule has 0 fully saturated rings. The van der Waals surface area contributed by atoms with E-state index in [1.165, 1.54) is 15.3 Å². The zero-order valence-corrected chi connectivity index (χ0v) is 9.29. The summed E-state index contributed by atoms with van der Waals surface area (Å²) < 4.78 is 1.46. The monoisotopic (exact) mass is 229 g/mol. The molecule has 1 atom stereocenters. The summed E-state index contributed by atoms with van der Waals surface area (Å²) in [7, 11) is 0. The van der Waals surface area contributed by atoms with Gasteiger partial charge >= 0.3 is 80.2 Å². The van der Waals surface area contributed by atoms with Crippen molar-refractivity contribution in [3.63, 3.8) is 0 Å². The van der Waals surface area contributed by atoms with Gasteiger partial charge in [-0.1, -0.05) is 0 Å². The van der Waals surface area contributed by atoms with Gasteiger partial charge in [-0.3, -0.25) is 0 Å². The van der Waals surface area contributed by atoms with E-state index >= 15 is 0 Å². The fourth-order valence-electron chi connectivity index (χ4n) is 1.14. The van der Waals surface area contributed by atoms with E-state index in [1.807, 2.05) is 6.92 Å². The molecule has 2 N–H and O–H groups in total. The summed E-state index contributed by atoms with van der Waals surface area (Å²) in [4.78, 5) is 0. The molecule has 66 valence electrons. The van der Waals surface area contributed by atoms with E-state index in [9.17, 15) is 0 Å². The molecule has 0 radical (unpaired) electrons. The van der Waals surface area contributed by atoms with Crippen LogP contribution in [0.4, 0.5) is 0 Å². The van der Waals surface area contributed by atoms with Crippen molar-refractivity contribution in [2.24, 2.45) is 5.73 Å². The van der Waals surface area contributed by atoms with E-state index < -0.39 is 0 Å². The molecule has 0 aliphatic heterocycles. The molecule has 0 saturated carbocycles. The Morgan fingerprint density at radius 2 is 2.08 bits per heavy atom. The van der Waals surface area contributed by atoms with Gasteiger partial charge in [0.15, 0.2) is 0 Å². The van der Waals surface area contributed by atoms with Crippen LogP contribution in [0.3, 0.4) is 0 Å². The first-order valence-corrected chi connectivity index (χ1v) is 6.29. The van der Waals surface area contributed by atoms with Gasteiger partial charge in [0.2, 0.25) is 0 Å². The normalized spacial score (nSPS) is 12.9. The van der Waals surface area contributed by atoms with Crippen LogP contribution in [0.5, 0.6) is 0 Å². The minimum atomic E-state index is 0.176. The van der Waals surface area contributed by atoms with Gasteiger partial charge in [0.1, 0.15) is 0 Å². The zero-order valence-electron chi connectivity index (χ0n) is 7.58. The SMILES string of the molecule is CC[Se]c1ccccc1[C@@H](C)N. The zero-order chi connectivity index (χ0) is 8.97. The molecule has 0 amide bonds. The fourth-order valence-corrected chi connectivity index (χ4v) is 3.05. The van der Waals surface area contributed by atoms with Crippen LogP contribution in [-0.2, 0) is 0 Å². The third-order valence-electron chi connectivity index (χ3n) is 1.71. The van der Waals surface area contributed by atoms with Gasteiger partial charge in [0, 0.05) is 0 Å². The number of rotatable bonds is 3. The minimum absolute atomic E-state index is 0.176. The molecule has 0 saturated heterocycles. The average Bonchev–Trinajstić information content (AvgIpc) is 2.05. The third-order valence-corrected chi connectivity index (χ3v) is 3.75. The van der Waals surface area contributed by atoms with Gasteiger partial charge in [-0.25, -0.2) is 0 Å². The van der Waals surface area contributed by atoms with Gasteiger partial charge in [0.05, 0.1) is 0 Å². The van der Waals surface area contributed by atoms with Crippen molar-refractivity contribution in [2.75, 3.05) is 0 Å². The molecule has 2 heteroatoms. The van der Waals surface area contributed by atoms with Crippen molar-refractivity contribution in [1.29, 1.82) is 0 Å². The van der Waals surface area contributed by atoms with Crippen LogP contribution in [-0.4, -0.2) is 15.0 Å². The topological polar surface area (TPSA) is 26.0 Å². The summed E-state index contributed by atoms with van der Waals surface area (Å²) in [6.07, 6.45) is 0.